The molecule has 0 amide bonds. The van der Waals surface area contributed by atoms with Gasteiger partial charge in [-0.2, -0.15) is 13.2 Å². The molecule has 0 aliphatic carbocycles. The molecule has 1 unspecified atom stereocenters. The van der Waals surface area contributed by atoms with Crippen molar-refractivity contribution in [3.05, 3.63) is 68.4 Å². The quantitative estimate of drug-likeness (QED) is 0.700. The topological polar surface area (TPSA) is 26.0 Å². The highest BCUT2D eigenvalue weighted by molar-refractivity contribution is 9.10. The van der Waals surface area contributed by atoms with Crippen LogP contribution < -0.4 is 5.73 Å². The van der Waals surface area contributed by atoms with Crippen molar-refractivity contribution >= 4 is 27.5 Å². The summed E-state index contributed by atoms with van der Waals surface area (Å²) in [6.45, 7) is 0. The van der Waals surface area contributed by atoms with E-state index in [-0.39, 0.29) is 5.56 Å². The van der Waals surface area contributed by atoms with Crippen LogP contribution >= 0.6 is 27.5 Å². The van der Waals surface area contributed by atoms with E-state index in [9.17, 15) is 17.6 Å². The Bertz CT molecular complexity index is 673. The maximum absolute atomic E-state index is 13.6. The summed E-state index contributed by atoms with van der Waals surface area (Å²) in [6, 6.07) is 6.80. The molecule has 0 radical (unpaired) electrons. The number of hydrogen-bond acceptors (Lipinski definition) is 1. The van der Waals surface area contributed by atoms with Gasteiger partial charge in [0.15, 0.2) is 0 Å². The molecule has 0 heterocycles. The van der Waals surface area contributed by atoms with Gasteiger partial charge in [0, 0.05) is 4.47 Å². The van der Waals surface area contributed by atoms with Crippen LogP contribution in [0, 0.1) is 5.82 Å². The van der Waals surface area contributed by atoms with Crippen molar-refractivity contribution in [2.24, 2.45) is 5.73 Å². The Hall–Kier alpha value is -1.11. The minimum Gasteiger partial charge on any atom is -0.320 e. The zero-order chi connectivity index (χ0) is 15.8. The van der Waals surface area contributed by atoms with Crippen molar-refractivity contribution in [1.82, 2.24) is 0 Å². The van der Waals surface area contributed by atoms with Gasteiger partial charge in [0.1, 0.15) is 5.82 Å². The Morgan fingerprint density at radius 2 is 1.81 bits per heavy atom. The van der Waals surface area contributed by atoms with E-state index in [0.717, 1.165) is 12.1 Å². The monoisotopic (exact) mass is 381 g/mol. The van der Waals surface area contributed by atoms with Crippen LogP contribution in [0.4, 0.5) is 17.6 Å². The third-order valence-electron chi connectivity index (χ3n) is 2.97. The number of benzene rings is 2. The lowest BCUT2D eigenvalue weighted by atomic mass is 9.98. The SMILES string of the molecule is NC(c1ccc(C(F)(F)F)c(F)c1)c1cccc(Br)c1Cl. The lowest BCUT2D eigenvalue weighted by Crippen LogP contribution is -2.15. The van der Waals surface area contributed by atoms with Gasteiger partial charge in [0.2, 0.25) is 0 Å². The van der Waals surface area contributed by atoms with Crippen LogP contribution in [-0.2, 0) is 6.18 Å². The summed E-state index contributed by atoms with van der Waals surface area (Å²) >= 11 is 9.31. The Morgan fingerprint density at radius 1 is 1.14 bits per heavy atom. The van der Waals surface area contributed by atoms with Crippen LogP contribution in [0.15, 0.2) is 40.9 Å². The third-order valence-corrected chi connectivity index (χ3v) is 4.29. The minimum atomic E-state index is -4.74. The molecule has 2 rings (SSSR count). The maximum Gasteiger partial charge on any atom is 0.419 e. The second-order valence-electron chi connectivity index (χ2n) is 4.36. The van der Waals surface area contributed by atoms with Gasteiger partial charge in [-0.3, -0.25) is 0 Å². The second-order valence-corrected chi connectivity index (χ2v) is 5.59. The standard InChI is InChI=1S/C14H9BrClF4N/c15-10-3-1-2-8(12(10)16)13(21)7-4-5-9(11(17)6-7)14(18,19)20/h1-6,13H,21H2. The van der Waals surface area contributed by atoms with Gasteiger partial charge in [-0.1, -0.05) is 29.8 Å². The van der Waals surface area contributed by atoms with Crippen molar-refractivity contribution in [2.45, 2.75) is 12.2 Å². The average Bonchev–Trinajstić information content (AvgIpc) is 2.39. The molecule has 112 valence electrons. The van der Waals surface area contributed by atoms with Gasteiger partial charge in [-0.05, 0) is 45.3 Å². The van der Waals surface area contributed by atoms with Crippen LogP contribution in [0.5, 0.6) is 0 Å². The zero-order valence-electron chi connectivity index (χ0n) is 10.4. The Kier molecular flexibility index (Phi) is 4.60. The van der Waals surface area contributed by atoms with Crippen molar-refractivity contribution in [2.75, 3.05) is 0 Å². The highest BCUT2D eigenvalue weighted by Gasteiger charge is 2.34. The molecule has 0 bridgehead atoms. The molecule has 7 heteroatoms. The van der Waals surface area contributed by atoms with E-state index in [0.29, 0.717) is 21.1 Å². The molecule has 0 spiro atoms. The summed E-state index contributed by atoms with van der Waals surface area (Å²) in [5.74, 6) is -1.36. The van der Waals surface area contributed by atoms with Crippen molar-refractivity contribution in [1.29, 1.82) is 0 Å². The lowest BCUT2D eigenvalue weighted by molar-refractivity contribution is -0.140. The lowest BCUT2D eigenvalue weighted by Gasteiger charge is -2.16. The van der Waals surface area contributed by atoms with Crippen LogP contribution in [0.3, 0.4) is 0 Å². The van der Waals surface area contributed by atoms with E-state index in [2.05, 4.69) is 15.9 Å². The van der Waals surface area contributed by atoms with Crippen molar-refractivity contribution in [3.63, 3.8) is 0 Å². The molecule has 0 aromatic heterocycles. The summed E-state index contributed by atoms with van der Waals surface area (Å²) in [5, 5.41) is 0.338. The number of nitrogens with two attached hydrogens (primary N) is 1. The Labute approximate surface area is 131 Å². The van der Waals surface area contributed by atoms with Crippen molar-refractivity contribution in [3.8, 4) is 0 Å². The molecule has 0 fully saturated rings. The molecule has 0 aliphatic heterocycles. The normalized spacial score (nSPS) is 13.3. The van der Waals surface area contributed by atoms with Gasteiger partial charge in [-0.15, -0.1) is 0 Å². The molecule has 21 heavy (non-hydrogen) atoms. The number of alkyl halides is 3. The first-order valence-corrected chi connectivity index (χ1v) is 6.95. The fourth-order valence-corrected chi connectivity index (χ4v) is 2.52. The molecule has 0 saturated carbocycles. The van der Waals surface area contributed by atoms with Gasteiger partial charge in [0.25, 0.3) is 0 Å². The number of rotatable bonds is 2. The van der Waals surface area contributed by atoms with Crippen LogP contribution in [0.2, 0.25) is 5.02 Å². The first-order valence-electron chi connectivity index (χ1n) is 5.78. The predicted octanol–water partition coefficient (Wildman–Crippen LogP) is 5.31. The van der Waals surface area contributed by atoms with Crippen LogP contribution in [0.1, 0.15) is 22.7 Å². The van der Waals surface area contributed by atoms with Crippen LogP contribution in [-0.4, -0.2) is 0 Å². The molecule has 1 atom stereocenters. The fourth-order valence-electron chi connectivity index (χ4n) is 1.89. The Morgan fingerprint density at radius 3 is 2.38 bits per heavy atom. The minimum absolute atomic E-state index is 0.209. The predicted molar refractivity (Wildman–Crippen MR) is 76.6 cm³/mol. The fraction of sp³-hybridized carbons (Fsp3) is 0.143. The number of halogens is 6. The molecule has 2 N–H and O–H groups in total. The van der Waals surface area contributed by atoms with Gasteiger partial charge in [0.05, 0.1) is 16.6 Å². The molecular formula is C14H9BrClF4N. The summed E-state index contributed by atoms with van der Waals surface area (Å²) in [5.41, 5.74) is 5.34. The van der Waals surface area contributed by atoms with E-state index in [4.69, 9.17) is 17.3 Å². The first-order chi connectivity index (χ1) is 9.71. The second kappa shape index (κ2) is 5.94. The Balaban J connectivity index is 2.43. The highest BCUT2D eigenvalue weighted by atomic mass is 79.9. The molecule has 0 saturated heterocycles. The van der Waals surface area contributed by atoms with E-state index in [1.807, 2.05) is 0 Å². The summed E-state index contributed by atoms with van der Waals surface area (Å²) in [6.07, 6.45) is -4.74. The van der Waals surface area contributed by atoms with Gasteiger partial charge < -0.3 is 5.73 Å². The van der Waals surface area contributed by atoms with E-state index >= 15 is 0 Å². The maximum atomic E-state index is 13.6. The smallest absolute Gasteiger partial charge is 0.320 e. The first kappa shape index (κ1) is 16.3. The summed E-state index contributed by atoms with van der Waals surface area (Å²) in [4.78, 5) is 0. The van der Waals surface area contributed by atoms with E-state index < -0.39 is 23.6 Å². The molecule has 2 aromatic carbocycles. The van der Waals surface area contributed by atoms with Gasteiger partial charge in [-0.25, -0.2) is 4.39 Å². The summed E-state index contributed by atoms with van der Waals surface area (Å²) in [7, 11) is 0. The van der Waals surface area contributed by atoms with Crippen LogP contribution in [0.25, 0.3) is 0 Å². The molecular weight excluding hydrogens is 374 g/mol. The van der Waals surface area contributed by atoms with E-state index in [1.165, 1.54) is 0 Å². The molecule has 0 aliphatic rings. The summed E-state index contributed by atoms with van der Waals surface area (Å²) < 4.78 is 51.8. The zero-order valence-corrected chi connectivity index (χ0v) is 12.7. The molecule has 1 nitrogen and oxygen atoms in total. The van der Waals surface area contributed by atoms with Crippen molar-refractivity contribution < 1.29 is 17.6 Å². The van der Waals surface area contributed by atoms with E-state index in [1.54, 1.807) is 18.2 Å². The molecule has 2 aromatic rings. The highest BCUT2D eigenvalue weighted by Crippen LogP contribution is 2.35. The number of hydrogen-bond donors (Lipinski definition) is 1. The average molecular weight is 383 g/mol. The van der Waals surface area contributed by atoms with Gasteiger partial charge >= 0.3 is 6.18 Å². The third kappa shape index (κ3) is 3.39. The largest absolute Gasteiger partial charge is 0.419 e.